The van der Waals surface area contributed by atoms with Crippen molar-refractivity contribution in [2.24, 2.45) is 0 Å². The monoisotopic (exact) mass is 395 g/mol. The smallest absolute Gasteiger partial charge is 0.262 e. The largest absolute Gasteiger partial charge is 0.483 e. The van der Waals surface area contributed by atoms with Crippen LogP contribution in [0.3, 0.4) is 0 Å². The van der Waals surface area contributed by atoms with E-state index < -0.39 is 0 Å². The van der Waals surface area contributed by atoms with Gasteiger partial charge in [-0.2, -0.15) is 0 Å². The molecule has 2 rings (SSSR count). The van der Waals surface area contributed by atoms with E-state index in [9.17, 15) is 4.79 Å². The fourth-order valence-electron chi connectivity index (χ4n) is 2.29. The quantitative estimate of drug-likeness (QED) is 0.745. The fraction of sp³-hybridized carbons (Fsp3) is 0.278. The zero-order valence-electron chi connectivity index (χ0n) is 13.4. The van der Waals surface area contributed by atoms with Crippen LogP contribution in [0.4, 0.5) is 5.69 Å². The van der Waals surface area contributed by atoms with Gasteiger partial charge in [0.15, 0.2) is 6.61 Å². The standard InChI is InChI=1S/C18H19BrClNO2/c1-4-13-7-5-6-8-14(13)21-16(22)10-23-15-9-11(2)18(20)12(3)17(15)19/h5-9H,4,10H2,1-3H3,(H,21,22). The number of ether oxygens (including phenoxy) is 1. The minimum Gasteiger partial charge on any atom is -0.483 e. The minimum absolute atomic E-state index is 0.0584. The Morgan fingerprint density at radius 2 is 2.00 bits per heavy atom. The van der Waals surface area contributed by atoms with Crippen molar-refractivity contribution >= 4 is 39.1 Å². The van der Waals surface area contributed by atoms with Gasteiger partial charge in [0.05, 0.1) is 4.47 Å². The van der Waals surface area contributed by atoms with Crippen molar-refractivity contribution in [1.29, 1.82) is 0 Å². The zero-order valence-corrected chi connectivity index (χ0v) is 15.7. The van der Waals surface area contributed by atoms with E-state index in [1.807, 2.05) is 44.2 Å². The van der Waals surface area contributed by atoms with E-state index in [1.54, 1.807) is 0 Å². The number of carbonyl (C=O) groups is 1. The fourth-order valence-corrected chi connectivity index (χ4v) is 2.98. The number of rotatable bonds is 5. The summed E-state index contributed by atoms with van der Waals surface area (Å²) in [5.41, 5.74) is 3.74. The van der Waals surface area contributed by atoms with Crippen molar-refractivity contribution in [3.63, 3.8) is 0 Å². The number of para-hydroxylation sites is 1. The van der Waals surface area contributed by atoms with E-state index in [0.29, 0.717) is 10.8 Å². The molecule has 2 aromatic rings. The molecule has 0 heterocycles. The molecule has 1 N–H and O–H groups in total. The van der Waals surface area contributed by atoms with Crippen LogP contribution in [-0.2, 0) is 11.2 Å². The predicted molar refractivity (Wildman–Crippen MR) is 98.6 cm³/mol. The van der Waals surface area contributed by atoms with E-state index in [0.717, 1.165) is 33.3 Å². The van der Waals surface area contributed by atoms with Gasteiger partial charge in [-0.25, -0.2) is 0 Å². The Hall–Kier alpha value is -1.52. The SMILES string of the molecule is CCc1ccccc1NC(=O)COc1cc(C)c(Cl)c(C)c1Br. The van der Waals surface area contributed by atoms with Crippen molar-refractivity contribution in [2.75, 3.05) is 11.9 Å². The summed E-state index contributed by atoms with van der Waals surface area (Å²) in [6, 6.07) is 9.58. The predicted octanol–water partition coefficient (Wildman–Crippen LogP) is 5.30. The maximum atomic E-state index is 12.1. The summed E-state index contributed by atoms with van der Waals surface area (Å²) in [5, 5.41) is 3.59. The molecule has 1 amide bonds. The van der Waals surface area contributed by atoms with E-state index in [2.05, 4.69) is 28.2 Å². The first-order chi connectivity index (χ1) is 10.9. The van der Waals surface area contributed by atoms with Gasteiger partial charge in [0.1, 0.15) is 5.75 Å². The highest BCUT2D eigenvalue weighted by molar-refractivity contribution is 9.10. The number of amides is 1. The third-order valence-corrected chi connectivity index (χ3v) is 5.17. The summed E-state index contributed by atoms with van der Waals surface area (Å²) in [6.07, 6.45) is 0.860. The van der Waals surface area contributed by atoms with Crippen LogP contribution >= 0.6 is 27.5 Å². The molecular weight excluding hydrogens is 378 g/mol. The van der Waals surface area contributed by atoms with Gasteiger partial charge in [-0.3, -0.25) is 4.79 Å². The molecule has 23 heavy (non-hydrogen) atoms. The Morgan fingerprint density at radius 3 is 2.70 bits per heavy atom. The summed E-state index contributed by atoms with van der Waals surface area (Å²) in [5.74, 6) is 0.423. The Labute approximate surface area is 150 Å². The number of hydrogen-bond acceptors (Lipinski definition) is 2. The molecule has 5 heteroatoms. The lowest BCUT2D eigenvalue weighted by atomic mass is 10.1. The molecular formula is C18H19BrClNO2. The van der Waals surface area contributed by atoms with Gasteiger partial charge in [-0.05, 0) is 65.0 Å². The van der Waals surface area contributed by atoms with Crippen LogP contribution in [-0.4, -0.2) is 12.5 Å². The van der Waals surface area contributed by atoms with Crippen molar-refractivity contribution < 1.29 is 9.53 Å². The highest BCUT2D eigenvalue weighted by atomic mass is 79.9. The highest BCUT2D eigenvalue weighted by Gasteiger charge is 2.13. The average Bonchev–Trinajstić information content (AvgIpc) is 2.55. The van der Waals surface area contributed by atoms with Crippen LogP contribution in [0.1, 0.15) is 23.6 Å². The molecule has 0 aliphatic rings. The number of hydrogen-bond donors (Lipinski definition) is 1. The van der Waals surface area contributed by atoms with E-state index >= 15 is 0 Å². The van der Waals surface area contributed by atoms with E-state index in [-0.39, 0.29) is 12.5 Å². The van der Waals surface area contributed by atoms with Crippen LogP contribution < -0.4 is 10.1 Å². The molecule has 0 saturated carbocycles. The van der Waals surface area contributed by atoms with E-state index in [4.69, 9.17) is 16.3 Å². The zero-order chi connectivity index (χ0) is 17.0. The minimum atomic E-state index is -0.192. The van der Waals surface area contributed by atoms with Gasteiger partial charge < -0.3 is 10.1 Å². The first-order valence-corrected chi connectivity index (χ1v) is 8.56. The van der Waals surface area contributed by atoms with Gasteiger partial charge in [-0.15, -0.1) is 0 Å². The molecule has 0 fully saturated rings. The Bertz CT molecular complexity index is 731. The van der Waals surface area contributed by atoms with Crippen molar-refractivity contribution in [2.45, 2.75) is 27.2 Å². The second-order valence-corrected chi connectivity index (χ2v) is 6.46. The second kappa shape index (κ2) is 7.84. The molecule has 122 valence electrons. The summed E-state index contributed by atoms with van der Waals surface area (Å²) in [6.45, 7) is 5.81. The summed E-state index contributed by atoms with van der Waals surface area (Å²) in [4.78, 5) is 12.1. The Kier molecular flexibility index (Phi) is 6.08. The number of benzene rings is 2. The molecule has 0 bridgehead atoms. The summed E-state index contributed by atoms with van der Waals surface area (Å²) < 4.78 is 6.42. The maximum Gasteiger partial charge on any atom is 0.262 e. The van der Waals surface area contributed by atoms with Crippen molar-refractivity contribution in [3.8, 4) is 5.75 Å². The van der Waals surface area contributed by atoms with Crippen LogP contribution in [0.25, 0.3) is 0 Å². The van der Waals surface area contributed by atoms with Crippen molar-refractivity contribution in [1.82, 2.24) is 0 Å². The molecule has 0 unspecified atom stereocenters. The topological polar surface area (TPSA) is 38.3 Å². The maximum absolute atomic E-state index is 12.1. The molecule has 0 aliphatic heterocycles. The number of carbonyl (C=O) groups excluding carboxylic acids is 1. The average molecular weight is 397 g/mol. The van der Waals surface area contributed by atoms with Gasteiger partial charge >= 0.3 is 0 Å². The van der Waals surface area contributed by atoms with Gasteiger partial charge in [0, 0.05) is 10.7 Å². The number of nitrogens with one attached hydrogen (secondary N) is 1. The lowest BCUT2D eigenvalue weighted by molar-refractivity contribution is -0.118. The molecule has 0 atom stereocenters. The van der Waals surface area contributed by atoms with Crippen LogP contribution in [0.5, 0.6) is 5.75 Å². The first kappa shape index (κ1) is 17.8. The van der Waals surface area contributed by atoms with Gasteiger partial charge in [0.2, 0.25) is 0 Å². The molecule has 0 spiro atoms. The molecule has 0 radical (unpaired) electrons. The van der Waals surface area contributed by atoms with Gasteiger partial charge in [0.25, 0.3) is 5.91 Å². The third-order valence-electron chi connectivity index (χ3n) is 3.60. The Balaban J connectivity index is 2.05. The Morgan fingerprint density at radius 1 is 1.30 bits per heavy atom. The molecule has 0 aliphatic carbocycles. The summed E-state index contributed by atoms with van der Waals surface area (Å²) in [7, 11) is 0. The first-order valence-electron chi connectivity index (χ1n) is 7.39. The number of halogens is 2. The van der Waals surface area contributed by atoms with Crippen LogP contribution in [0.15, 0.2) is 34.8 Å². The molecule has 2 aromatic carbocycles. The van der Waals surface area contributed by atoms with E-state index in [1.165, 1.54) is 0 Å². The highest BCUT2D eigenvalue weighted by Crippen LogP contribution is 2.35. The third kappa shape index (κ3) is 4.27. The molecule has 0 aromatic heterocycles. The molecule has 3 nitrogen and oxygen atoms in total. The lowest BCUT2D eigenvalue weighted by Gasteiger charge is -2.14. The van der Waals surface area contributed by atoms with Crippen LogP contribution in [0, 0.1) is 13.8 Å². The molecule has 0 saturated heterocycles. The normalized spacial score (nSPS) is 10.5. The number of anilines is 1. The lowest BCUT2D eigenvalue weighted by Crippen LogP contribution is -2.21. The number of aryl methyl sites for hydroxylation is 2. The summed E-state index contributed by atoms with van der Waals surface area (Å²) >= 11 is 9.66. The second-order valence-electron chi connectivity index (χ2n) is 5.29. The van der Waals surface area contributed by atoms with Crippen LogP contribution in [0.2, 0.25) is 5.02 Å². The van der Waals surface area contributed by atoms with Gasteiger partial charge in [-0.1, -0.05) is 36.7 Å². The van der Waals surface area contributed by atoms with Crippen molar-refractivity contribution in [3.05, 3.63) is 56.5 Å².